The van der Waals surface area contributed by atoms with Crippen LogP contribution in [0.4, 0.5) is 0 Å². The molecule has 0 amide bonds. The van der Waals surface area contributed by atoms with Gasteiger partial charge in [0.15, 0.2) is 0 Å². The van der Waals surface area contributed by atoms with Crippen LogP contribution in [0.25, 0.3) is 0 Å². The molecule has 2 rings (SSSR count). The molecule has 1 fully saturated rings. The highest BCUT2D eigenvalue weighted by molar-refractivity contribution is 5.26. The molecule has 21 heavy (non-hydrogen) atoms. The average molecular weight is 291 g/mol. The SMILES string of the molecule is COCCCC[C@@](O)(c1ccccc1)[C@]1(C)CCCNC1. The number of hydrogen-bond acceptors (Lipinski definition) is 3. The monoisotopic (exact) mass is 291 g/mol. The average Bonchev–Trinajstić information content (AvgIpc) is 2.53. The molecule has 1 aliphatic rings. The van der Waals surface area contributed by atoms with Crippen molar-refractivity contribution in [1.29, 1.82) is 0 Å². The number of rotatable bonds is 7. The second-order valence-corrected chi connectivity index (χ2v) is 6.52. The highest BCUT2D eigenvalue weighted by Gasteiger charge is 2.47. The van der Waals surface area contributed by atoms with E-state index in [9.17, 15) is 5.11 Å². The zero-order valence-electron chi connectivity index (χ0n) is 13.4. The Balaban J connectivity index is 2.20. The molecular weight excluding hydrogens is 262 g/mol. The molecule has 118 valence electrons. The van der Waals surface area contributed by atoms with Crippen molar-refractivity contribution in [2.24, 2.45) is 5.41 Å². The number of piperidine rings is 1. The number of hydrogen-bond donors (Lipinski definition) is 2. The van der Waals surface area contributed by atoms with E-state index < -0.39 is 5.60 Å². The summed E-state index contributed by atoms with van der Waals surface area (Å²) < 4.78 is 5.14. The molecule has 0 aromatic heterocycles. The molecule has 1 aliphatic heterocycles. The summed E-state index contributed by atoms with van der Waals surface area (Å²) in [6.45, 7) is 4.93. The topological polar surface area (TPSA) is 41.5 Å². The Kier molecular flexibility index (Phi) is 5.80. The van der Waals surface area contributed by atoms with E-state index in [2.05, 4.69) is 24.4 Å². The Labute approximate surface area is 128 Å². The van der Waals surface area contributed by atoms with Gasteiger partial charge in [-0.15, -0.1) is 0 Å². The van der Waals surface area contributed by atoms with E-state index in [0.717, 1.165) is 57.4 Å². The normalized spacial score (nSPS) is 25.5. The predicted molar refractivity (Wildman–Crippen MR) is 86.3 cm³/mol. The van der Waals surface area contributed by atoms with Crippen LogP contribution in [0, 0.1) is 5.41 Å². The summed E-state index contributed by atoms with van der Waals surface area (Å²) in [5.41, 5.74) is 0.170. The van der Waals surface area contributed by atoms with Gasteiger partial charge in [0.05, 0.1) is 5.60 Å². The van der Waals surface area contributed by atoms with Crippen molar-refractivity contribution in [2.45, 2.75) is 44.6 Å². The molecule has 1 saturated heterocycles. The van der Waals surface area contributed by atoms with E-state index in [-0.39, 0.29) is 5.41 Å². The molecule has 0 bridgehead atoms. The molecular formula is C18H29NO2. The highest BCUT2D eigenvalue weighted by atomic mass is 16.5. The minimum absolute atomic E-state index is 0.111. The molecule has 3 nitrogen and oxygen atoms in total. The van der Waals surface area contributed by atoms with E-state index in [0.29, 0.717) is 0 Å². The van der Waals surface area contributed by atoms with Gasteiger partial charge in [-0.25, -0.2) is 0 Å². The number of aliphatic hydroxyl groups is 1. The van der Waals surface area contributed by atoms with Crippen molar-refractivity contribution in [3.63, 3.8) is 0 Å². The summed E-state index contributed by atoms with van der Waals surface area (Å²) in [5, 5.41) is 15.1. The van der Waals surface area contributed by atoms with E-state index in [1.54, 1.807) is 7.11 Å². The van der Waals surface area contributed by atoms with Gasteiger partial charge in [0.2, 0.25) is 0 Å². The smallest absolute Gasteiger partial charge is 0.0961 e. The Bertz CT molecular complexity index is 414. The minimum Gasteiger partial charge on any atom is -0.385 e. The van der Waals surface area contributed by atoms with Crippen LogP contribution in [0.3, 0.4) is 0 Å². The predicted octanol–water partition coefficient (Wildman–Crippen LogP) is 3.08. The zero-order valence-corrected chi connectivity index (χ0v) is 13.4. The van der Waals surface area contributed by atoms with Gasteiger partial charge in [-0.1, -0.05) is 37.3 Å². The van der Waals surface area contributed by atoms with Crippen molar-refractivity contribution in [3.05, 3.63) is 35.9 Å². The molecule has 0 unspecified atom stereocenters. The lowest BCUT2D eigenvalue weighted by Gasteiger charge is -2.48. The van der Waals surface area contributed by atoms with Crippen LogP contribution in [0.5, 0.6) is 0 Å². The maximum absolute atomic E-state index is 11.6. The Hall–Kier alpha value is -0.900. The summed E-state index contributed by atoms with van der Waals surface area (Å²) in [4.78, 5) is 0. The maximum atomic E-state index is 11.6. The van der Waals surface area contributed by atoms with Gasteiger partial charge in [0.1, 0.15) is 0 Å². The maximum Gasteiger partial charge on any atom is 0.0961 e. The first-order valence-electron chi connectivity index (χ1n) is 8.10. The number of methoxy groups -OCH3 is 1. The van der Waals surface area contributed by atoms with Crippen LogP contribution >= 0.6 is 0 Å². The van der Waals surface area contributed by atoms with Crippen molar-refractivity contribution < 1.29 is 9.84 Å². The Morgan fingerprint density at radius 1 is 1.29 bits per heavy atom. The standard InChI is InChI=1S/C18H29NO2/c1-17(11-8-13-19-15-17)18(20,12-6-7-14-21-2)16-9-4-3-5-10-16/h3-5,9-10,19-20H,6-8,11-15H2,1-2H3/t17-,18-/m1/s1. The summed E-state index contributed by atoms with van der Waals surface area (Å²) in [6, 6.07) is 10.2. The van der Waals surface area contributed by atoms with Crippen LogP contribution in [0.15, 0.2) is 30.3 Å². The van der Waals surface area contributed by atoms with Crippen LogP contribution in [-0.4, -0.2) is 31.9 Å². The van der Waals surface area contributed by atoms with Crippen LogP contribution < -0.4 is 5.32 Å². The fraction of sp³-hybridized carbons (Fsp3) is 0.667. The molecule has 2 N–H and O–H groups in total. The fourth-order valence-electron chi connectivity index (χ4n) is 3.54. The molecule has 3 heteroatoms. The summed E-state index contributed by atoms with van der Waals surface area (Å²) in [5.74, 6) is 0. The van der Waals surface area contributed by atoms with E-state index in [4.69, 9.17) is 4.74 Å². The largest absolute Gasteiger partial charge is 0.385 e. The van der Waals surface area contributed by atoms with Crippen molar-refractivity contribution in [3.8, 4) is 0 Å². The van der Waals surface area contributed by atoms with Gasteiger partial charge >= 0.3 is 0 Å². The summed E-state index contributed by atoms with van der Waals surface area (Å²) in [7, 11) is 1.73. The third-order valence-electron chi connectivity index (χ3n) is 4.98. The fourth-order valence-corrected chi connectivity index (χ4v) is 3.54. The first kappa shape index (κ1) is 16.5. The van der Waals surface area contributed by atoms with Gasteiger partial charge < -0.3 is 15.2 Å². The second-order valence-electron chi connectivity index (χ2n) is 6.52. The summed E-state index contributed by atoms with van der Waals surface area (Å²) in [6.07, 6.45) is 4.96. The van der Waals surface area contributed by atoms with Gasteiger partial charge in [-0.3, -0.25) is 0 Å². The molecule has 1 aromatic rings. The first-order chi connectivity index (χ1) is 10.1. The lowest BCUT2D eigenvalue weighted by atomic mass is 9.64. The highest BCUT2D eigenvalue weighted by Crippen LogP contribution is 2.47. The van der Waals surface area contributed by atoms with E-state index in [1.807, 2.05) is 18.2 Å². The molecule has 2 atom stereocenters. The van der Waals surface area contributed by atoms with Gasteiger partial charge in [0.25, 0.3) is 0 Å². The lowest BCUT2D eigenvalue weighted by molar-refractivity contribution is -0.102. The third kappa shape index (κ3) is 3.65. The third-order valence-corrected chi connectivity index (χ3v) is 4.98. The van der Waals surface area contributed by atoms with Crippen LogP contribution in [-0.2, 0) is 10.3 Å². The zero-order chi connectivity index (χ0) is 15.2. The minimum atomic E-state index is -0.768. The summed E-state index contributed by atoms with van der Waals surface area (Å²) >= 11 is 0. The first-order valence-corrected chi connectivity index (χ1v) is 8.10. The van der Waals surface area contributed by atoms with Gasteiger partial charge in [0, 0.05) is 25.7 Å². The van der Waals surface area contributed by atoms with E-state index >= 15 is 0 Å². The van der Waals surface area contributed by atoms with Crippen molar-refractivity contribution in [2.75, 3.05) is 26.8 Å². The molecule has 0 radical (unpaired) electrons. The number of ether oxygens (including phenoxy) is 1. The van der Waals surface area contributed by atoms with Gasteiger partial charge in [-0.05, 0) is 44.2 Å². The van der Waals surface area contributed by atoms with Crippen molar-refractivity contribution in [1.82, 2.24) is 5.32 Å². The van der Waals surface area contributed by atoms with Crippen LogP contribution in [0.2, 0.25) is 0 Å². The second kappa shape index (κ2) is 7.39. The van der Waals surface area contributed by atoms with Gasteiger partial charge in [-0.2, -0.15) is 0 Å². The number of nitrogens with one attached hydrogen (secondary N) is 1. The van der Waals surface area contributed by atoms with Crippen LogP contribution in [0.1, 0.15) is 44.6 Å². The van der Waals surface area contributed by atoms with Crippen molar-refractivity contribution >= 4 is 0 Å². The number of unbranched alkanes of at least 4 members (excludes halogenated alkanes) is 1. The molecule has 1 aromatic carbocycles. The molecule has 0 spiro atoms. The molecule has 0 saturated carbocycles. The molecule has 0 aliphatic carbocycles. The molecule has 1 heterocycles. The van der Waals surface area contributed by atoms with E-state index in [1.165, 1.54) is 0 Å². The Morgan fingerprint density at radius 3 is 2.67 bits per heavy atom. The quantitative estimate of drug-likeness (QED) is 0.759. The lowest BCUT2D eigenvalue weighted by Crippen LogP contribution is -2.52. The Morgan fingerprint density at radius 2 is 2.05 bits per heavy atom. The number of benzene rings is 1.